The summed E-state index contributed by atoms with van der Waals surface area (Å²) in [6, 6.07) is 12.1. The van der Waals surface area contributed by atoms with Gasteiger partial charge in [0, 0.05) is 17.6 Å². The molecule has 5 heteroatoms. The highest BCUT2D eigenvalue weighted by atomic mass is 35.5. The Morgan fingerprint density at radius 3 is 2.62 bits per heavy atom. The summed E-state index contributed by atoms with van der Waals surface area (Å²) >= 11 is 6.18. The van der Waals surface area contributed by atoms with E-state index in [2.05, 4.69) is 6.92 Å². The Morgan fingerprint density at radius 2 is 1.96 bits per heavy atom. The van der Waals surface area contributed by atoms with Crippen LogP contribution in [0, 0.1) is 5.82 Å². The van der Waals surface area contributed by atoms with Gasteiger partial charge < -0.3 is 9.64 Å². The molecule has 1 heterocycles. The lowest BCUT2D eigenvalue weighted by atomic mass is 10.0. The van der Waals surface area contributed by atoms with E-state index in [1.165, 1.54) is 12.1 Å². The number of ether oxygens (including phenoxy) is 1. The lowest BCUT2D eigenvalue weighted by Gasteiger charge is -2.29. The minimum atomic E-state index is -0.226. The second kappa shape index (κ2) is 8.09. The van der Waals surface area contributed by atoms with Crippen LogP contribution in [0.2, 0.25) is 5.02 Å². The van der Waals surface area contributed by atoms with E-state index in [1.54, 1.807) is 25.3 Å². The number of carbonyl (C=O) groups excluding carboxylic acids is 1. The third-order valence-corrected chi connectivity index (χ3v) is 5.39. The van der Waals surface area contributed by atoms with E-state index in [0.29, 0.717) is 16.3 Å². The molecule has 0 bridgehead atoms. The van der Waals surface area contributed by atoms with E-state index >= 15 is 0 Å². The lowest BCUT2D eigenvalue weighted by Crippen LogP contribution is -2.40. The molecular formula is C21H23ClFNO2. The van der Waals surface area contributed by atoms with Gasteiger partial charge in [-0.2, -0.15) is 0 Å². The van der Waals surface area contributed by atoms with Crippen molar-refractivity contribution in [3.63, 3.8) is 0 Å². The van der Waals surface area contributed by atoms with Gasteiger partial charge in [0.2, 0.25) is 0 Å². The van der Waals surface area contributed by atoms with Crippen LogP contribution >= 0.6 is 11.6 Å². The van der Waals surface area contributed by atoms with Crippen molar-refractivity contribution in [2.45, 2.75) is 44.7 Å². The Labute approximate surface area is 158 Å². The number of aryl methyl sites for hydroxylation is 1. The molecule has 0 saturated carbocycles. The summed E-state index contributed by atoms with van der Waals surface area (Å²) in [6.07, 6.45) is 3.66. The first kappa shape index (κ1) is 18.7. The van der Waals surface area contributed by atoms with Gasteiger partial charge in [0.15, 0.2) is 0 Å². The van der Waals surface area contributed by atoms with Crippen LogP contribution in [0.5, 0.6) is 5.75 Å². The molecule has 2 aromatic carbocycles. The molecule has 0 radical (unpaired) electrons. The van der Waals surface area contributed by atoms with Crippen molar-refractivity contribution in [3.05, 3.63) is 64.4 Å². The van der Waals surface area contributed by atoms with E-state index in [4.69, 9.17) is 16.3 Å². The van der Waals surface area contributed by atoms with Crippen LogP contribution < -0.4 is 4.74 Å². The minimum Gasteiger partial charge on any atom is -0.495 e. The summed E-state index contributed by atoms with van der Waals surface area (Å²) in [4.78, 5) is 15.0. The van der Waals surface area contributed by atoms with E-state index in [-0.39, 0.29) is 23.8 Å². The second-order valence-corrected chi connectivity index (χ2v) is 7.21. The standard InChI is InChI=1S/C21H23ClFNO2/c1-14-3-10-18(11-6-15-4-8-17(23)9-5-15)24(14)21(25)16-7-12-20(26-2)19(22)13-16/h4-5,7-9,12-14,18H,3,6,10-11H2,1-2H3/t14-,18-/m1/s1. The minimum absolute atomic E-state index is 0.00339. The zero-order valence-corrected chi connectivity index (χ0v) is 15.8. The Bertz CT molecular complexity index is 778. The largest absolute Gasteiger partial charge is 0.495 e. The predicted molar refractivity (Wildman–Crippen MR) is 101 cm³/mol. The van der Waals surface area contributed by atoms with Gasteiger partial charge in [0.1, 0.15) is 11.6 Å². The number of benzene rings is 2. The maximum absolute atomic E-state index is 13.1. The van der Waals surface area contributed by atoms with E-state index in [0.717, 1.165) is 31.2 Å². The first-order chi connectivity index (χ1) is 12.5. The van der Waals surface area contributed by atoms with Gasteiger partial charge in [-0.1, -0.05) is 23.7 Å². The molecule has 0 aromatic heterocycles. The summed E-state index contributed by atoms with van der Waals surface area (Å²) in [5.41, 5.74) is 1.67. The third kappa shape index (κ3) is 4.01. The number of rotatable bonds is 5. The topological polar surface area (TPSA) is 29.5 Å². The number of hydrogen-bond donors (Lipinski definition) is 0. The summed E-state index contributed by atoms with van der Waals surface area (Å²) in [5, 5.41) is 0.438. The van der Waals surface area contributed by atoms with Gasteiger partial charge in [-0.25, -0.2) is 4.39 Å². The van der Waals surface area contributed by atoms with Crippen molar-refractivity contribution >= 4 is 17.5 Å². The number of carbonyl (C=O) groups is 1. The fourth-order valence-corrected chi connectivity index (χ4v) is 3.91. The lowest BCUT2D eigenvalue weighted by molar-refractivity contribution is 0.0672. The number of hydrogen-bond acceptors (Lipinski definition) is 2. The molecule has 138 valence electrons. The summed E-state index contributed by atoms with van der Waals surface area (Å²) in [6.45, 7) is 2.08. The molecule has 1 saturated heterocycles. The molecule has 1 aliphatic rings. The number of amides is 1. The normalized spacial score (nSPS) is 19.6. The number of likely N-dealkylation sites (tertiary alicyclic amines) is 1. The smallest absolute Gasteiger partial charge is 0.254 e. The monoisotopic (exact) mass is 375 g/mol. The second-order valence-electron chi connectivity index (χ2n) is 6.81. The van der Waals surface area contributed by atoms with Gasteiger partial charge >= 0.3 is 0 Å². The van der Waals surface area contributed by atoms with Crippen molar-refractivity contribution in [1.82, 2.24) is 4.90 Å². The van der Waals surface area contributed by atoms with Gasteiger partial charge in [-0.05, 0) is 68.5 Å². The average molecular weight is 376 g/mol. The third-order valence-electron chi connectivity index (χ3n) is 5.10. The van der Waals surface area contributed by atoms with Crippen LogP contribution in [0.3, 0.4) is 0 Å². The fraction of sp³-hybridized carbons (Fsp3) is 0.381. The van der Waals surface area contributed by atoms with Crippen LogP contribution in [0.15, 0.2) is 42.5 Å². The molecule has 1 aliphatic heterocycles. The van der Waals surface area contributed by atoms with Gasteiger partial charge in [-0.15, -0.1) is 0 Å². The van der Waals surface area contributed by atoms with Gasteiger partial charge in [0.05, 0.1) is 12.1 Å². The fourth-order valence-electron chi connectivity index (χ4n) is 3.65. The maximum atomic E-state index is 13.1. The Kier molecular flexibility index (Phi) is 5.82. The van der Waals surface area contributed by atoms with Crippen LogP contribution in [0.25, 0.3) is 0 Å². The van der Waals surface area contributed by atoms with Crippen molar-refractivity contribution < 1.29 is 13.9 Å². The van der Waals surface area contributed by atoms with Crippen LogP contribution in [0.4, 0.5) is 4.39 Å². The van der Waals surface area contributed by atoms with E-state index in [9.17, 15) is 9.18 Å². The molecule has 3 rings (SSSR count). The first-order valence-corrected chi connectivity index (χ1v) is 9.28. The zero-order valence-electron chi connectivity index (χ0n) is 15.0. The zero-order chi connectivity index (χ0) is 18.7. The molecule has 0 N–H and O–H groups in total. The van der Waals surface area contributed by atoms with Crippen molar-refractivity contribution in [2.24, 2.45) is 0 Å². The maximum Gasteiger partial charge on any atom is 0.254 e. The van der Waals surface area contributed by atoms with Crippen LogP contribution in [-0.2, 0) is 6.42 Å². The highest BCUT2D eigenvalue weighted by molar-refractivity contribution is 6.32. The molecule has 26 heavy (non-hydrogen) atoms. The highest BCUT2D eigenvalue weighted by Crippen LogP contribution is 2.31. The average Bonchev–Trinajstić information content (AvgIpc) is 3.01. The SMILES string of the molecule is COc1ccc(C(=O)N2[C@@H](CCc3ccc(F)cc3)CC[C@H]2C)cc1Cl. The molecule has 2 aromatic rings. The quantitative estimate of drug-likeness (QED) is 0.726. The molecule has 0 unspecified atom stereocenters. The predicted octanol–water partition coefficient (Wildman–Crippen LogP) is 5.11. The van der Waals surface area contributed by atoms with Crippen molar-refractivity contribution in [3.8, 4) is 5.75 Å². The summed E-state index contributed by atoms with van der Waals surface area (Å²) < 4.78 is 18.2. The molecule has 1 fully saturated rings. The number of nitrogens with zero attached hydrogens (tertiary/aromatic N) is 1. The summed E-state index contributed by atoms with van der Waals surface area (Å²) in [7, 11) is 1.55. The molecule has 3 nitrogen and oxygen atoms in total. The molecule has 0 aliphatic carbocycles. The number of methoxy groups -OCH3 is 1. The van der Waals surface area contributed by atoms with E-state index in [1.807, 2.05) is 17.0 Å². The van der Waals surface area contributed by atoms with Crippen LogP contribution in [0.1, 0.15) is 42.1 Å². The summed E-state index contributed by atoms with van der Waals surface area (Å²) in [5.74, 6) is 0.339. The van der Waals surface area contributed by atoms with E-state index < -0.39 is 0 Å². The Hall–Kier alpha value is -2.07. The van der Waals surface area contributed by atoms with Gasteiger partial charge in [-0.3, -0.25) is 4.79 Å². The highest BCUT2D eigenvalue weighted by Gasteiger charge is 2.34. The van der Waals surface area contributed by atoms with Crippen molar-refractivity contribution in [1.29, 1.82) is 0 Å². The molecule has 2 atom stereocenters. The number of halogens is 2. The molecule has 0 spiro atoms. The first-order valence-electron chi connectivity index (χ1n) is 8.90. The Morgan fingerprint density at radius 1 is 1.23 bits per heavy atom. The molecular weight excluding hydrogens is 353 g/mol. The molecule has 1 amide bonds. The van der Waals surface area contributed by atoms with Gasteiger partial charge in [0.25, 0.3) is 5.91 Å². The van der Waals surface area contributed by atoms with Crippen LogP contribution in [-0.4, -0.2) is 30.0 Å². The Balaban J connectivity index is 1.72. The van der Waals surface area contributed by atoms with Crippen molar-refractivity contribution in [2.75, 3.05) is 7.11 Å².